The Morgan fingerprint density at radius 1 is 1.02 bits per heavy atom. The van der Waals surface area contributed by atoms with E-state index in [1.807, 2.05) is 36.4 Å². The van der Waals surface area contributed by atoms with Crippen molar-refractivity contribution in [2.45, 2.75) is 59.2 Å². The Morgan fingerprint density at radius 2 is 1.70 bits per heavy atom. The minimum atomic E-state index is -1.22. The number of aromatic hydroxyl groups is 1. The lowest BCUT2D eigenvalue weighted by Crippen LogP contribution is -2.54. The molecule has 40 heavy (non-hydrogen) atoms. The summed E-state index contributed by atoms with van der Waals surface area (Å²) in [7, 11) is 0. The largest absolute Gasteiger partial charge is 0.507 e. The van der Waals surface area contributed by atoms with Crippen LogP contribution in [0.4, 0.5) is 10.5 Å². The van der Waals surface area contributed by atoms with Crippen LogP contribution in [-0.2, 0) is 14.3 Å². The third-order valence-electron chi connectivity index (χ3n) is 6.35. The number of fused-ring (bicyclic) bond motifs is 1. The van der Waals surface area contributed by atoms with Crippen molar-refractivity contribution in [2.24, 2.45) is 5.92 Å². The van der Waals surface area contributed by atoms with Gasteiger partial charge in [0, 0.05) is 17.8 Å². The third-order valence-corrected chi connectivity index (χ3v) is 6.35. The van der Waals surface area contributed by atoms with Crippen LogP contribution >= 0.6 is 0 Å². The number of carbonyl (C=O) groups excluding carboxylic acids is 3. The number of hydrogen-bond donors (Lipinski definition) is 3. The zero-order valence-corrected chi connectivity index (χ0v) is 24.0. The van der Waals surface area contributed by atoms with Gasteiger partial charge in [-0.05, 0) is 62.1 Å². The number of alkyl carbamates (subject to hydrolysis) is 1. The number of carbonyl (C=O) groups is 3. The SMILES string of the molecule is C=CCN(C(=O)C(NC(=O)OC(C)(C)C)C(C)C)C(C(=O)Nc1ccc2ccccc2c1)c1cccc(C)c1O. The normalized spacial score (nSPS) is 12.9. The quantitative estimate of drug-likeness (QED) is 0.282. The van der Waals surface area contributed by atoms with Crippen molar-refractivity contribution in [3.63, 3.8) is 0 Å². The Kier molecular flexibility index (Phi) is 9.58. The van der Waals surface area contributed by atoms with E-state index in [2.05, 4.69) is 17.2 Å². The molecule has 2 unspecified atom stereocenters. The average Bonchev–Trinajstić information content (AvgIpc) is 2.87. The van der Waals surface area contributed by atoms with Crippen LogP contribution in [0.2, 0.25) is 0 Å². The molecule has 0 aliphatic rings. The van der Waals surface area contributed by atoms with Crippen molar-refractivity contribution in [2.75, 3.05) is 11.9 Å². The van der Waals surface area contributed by atoms with Crippen LogP contribution in [0, 0.1) is 12.8 Å². The van der Waals surface area contributed by atoms with Crippen LogP contribution in [0.15, 0.2) is 73.3 Å². The predicted molar refractivity (Wildman–Crippen MR) is 158 cm³/mol. The summed E-state index contributed by atoms with van der Waals surface area (Å²) in [6.45, 7) is 14.3. The van der Waals surface area contributed by atoms with Crippen LogP contribution in [0.3, 0.4) is 0 Å². The number of ether oxygens (including phenoxy) is 1. The average molecular weight is 546 g/mol. The fourth-order valence-electron chi connectivity index (χ4n) is 4.42. The molecule has 8 heteroatoms. The molecule has 0 aliphatic heterocycles. The van der Waals surface area contributed by atoms with Gasteiger partial charge in [-0.3, -0.25) is 9.59 Å². The van der Waals surface area contributed by atoms with Crippen molar-refractivity contribution >= 4 is 34.4 Å². The van der Waals surface area contributed by atoms with Gasteiger partial charge in [-0.1, -0.05) is 68.5 Å². The van der Waals surface area contributed by atoms with Crippen LogP contribution in [0.5, 0.6) is 5.75 Å². The van der Waals surface area contributed by atoms with Crippen molar-refractivity contribution in [1.82, 2.24) is 10.2 Å². The van der Waals surface area contributed by atoms with E-state index in [1.54, 1.807) is 65.8 Å². The molecule has 8 nitrogen and oxygen atoms in total. The molecule has 3 N–H and O–H groups in total. The maximum atomic E-state index is 14.1. The van der Waals surface area contributed by atoms with Crippen molar-refractivity contribution in [3.8, 4) is 5.75 Å². The highest BCUT2D eigenvalue weighted by Crippen LogP contribution is 2.33. The van der Waals surface area contributed by atoms with Gasteiger partial charge in [0.15, 0.2) is 0 Å². The van der Waals surface area contributed by atoms with Gasteiger partial charge in [-0.2, -0.15) is 0 Å². The zero-order chi connectivity index (χ0) is 29.6. The lowest BCUT2D eigenvalue weighted by molar-refractivity contribution is -0.141. The molecule has 0 saturated carbocycles. The molecule has 0 heterocycles. The van der Waals surface area contributed by atoms with E-state index in [-0.39, 0.29) is 23.8 Å². The first-order chi connectivity index (χ1) is 18.8. The Bertz CT molecular complexity index is 1390. The highest BCUT2D eigenvalue weighted by Gasteiger charge is 2.38. The van der Waals surface area contributed by atoms with E-state index in [0.717, 1.165) is 10.8 Å². The topological polar surface area (TPSA) is 108 Å². The first-order valence-corrected chi connectivity index (χ1v) is 13.3. The summed E-state index contributed by atoms with van der Waals surface area (Å²) >= 11 is 0. The molecule has 0 saturated heterocycles. The van der Waals surface area contributed by atoms with E-state index in [4.69, 9.17) is 4.74 Å². The molecule has 212 valence electrons. The minimum absolute atomic E-state index is 0.0127. The summed E-state index contributed by atoms with van der Waals surface area (Å²) in [5.41, 5.74) is 0.595. The maximum absolute atomic E-state index is 14.1. The molecule has 3 aromatic rings. The molecule has 0 spiro atoms. The molecular weight excluding hydrogens is 506 g/mol. The number of phenols is 1. The number of rotatable bonds is 9. The van der Waals surface area contributed by atoms with E-state index >= 15 is 0 Å². The lowest BCUT2D eigenvalue weighted by Gasteiger charge is -2.35. The van der Waals surface area contributed by atoms with Gasteiger partial charge < -0.3 is 25.4 Å². The molecular formula is C32H39N3O5. The van der Waals surface area contributed by atoms with Crippen LogP contribution in [-0.4, -0.2) is 46.1 Å². The highest BCUT2D eigenvalue weighted by molar-refractivity contribution is 6.01. The number of nitrogens with one attached hydrogen (secondary N) is 2. The first-order valence-electron chi connectivity index (χ1n) is 13.3. The molecule has 0 bridgehead atoms. The van der Waals surface area contributed by atoms with Gasteiger partial charge in [0.05, 0.1) is 0 Å². The first kappa shape index (κ1) is 30.2. The standard InChI is InChI=1S/C32H39N3O5/c1-8-18-35(30(38)26(20(2)3)34-31(39)40-32(5,6)7)27(25-15-11-12-21(4)28(25)36)29(37)33-24-17-16-22-13-9-10-14-23(22)19-24/h8-17,19-20,26-27,36H,1,18H2,2-7H3,(H,33,37)(H,34,39). The Labute approximate surface area is 236 Å². The smallest absolute Gasteiger partial charge is 0.408 e. The van der Waals surface area contributed by atoms with Gasteiger partial charge in [0.2, 0.25) is 5.91 Å². The zero-order valence-electron chi connectivity index (χ0n) is 24.0. The number of anilines is 1. The fourth-order valence-corrected chi connectivity index (χ4v) is 4.42. The molecule has 3 rings (SSSR count). The van der Waals surface area contributed by atoms with Gasteiger partial charge in [0.25, 0.3) is 5.91 Å². The number of phenolic OH excluding ortho intramolecular Hbond substituents is 1. The summed E-state index contributed by atoms with van der Waals surface area (Å²) in [4.78, 5) is 42.0. The summed E-state index contributed by atoms with van der Waals surface area (Å²) in [5, 5.41) is 18.6. The predicted octanol–water partition coefficient (Wildman–Crippen LogP) is 6.10. The van der Waals surface area contributed by atoms with Crippen molar-refractivity contribution in [3.05, 3.63) is 84.4 Å². The van der Waals surface area contributed by atoms with E-state index in [9.17, 15) is 19.5 Å². The Hall–Kier alpha value is -4.33. The highest BCUT2D eigenvalue weighted by atomic mass is 16.6. The van der Waals surface area contributed by atoms with Crippen LogP contribution < -0.4 is 10.6 Å². The second-order valence-electron chi connectivity index (χ2n) is 11.1. The van der Waals surface area contributed by atoms with Gasteiger partial charge in [0.1, 0.15) is 23.4 Å². The maximum Gasteiger partial charge on any atom is 0.408 e. The minimum Gasteiger partial charge on any atom is -0.507 e. The second kappa shape index (κ2) is 12.7. The Balaban J connectivity index is 2.05. The number of amides is 3. The molecule has 2 atom stereocenters. The molecule has 0 aromatic heterocycles. The monoisotopic (exact) mass is 545 g/mol. The van der Waals surface area contributed by atoms with Gasteiger partial charge in [-0.15, -0.1) is 6.58 Å². The number of hydrogen-bond acceptors (Lipinski definition) is 5. The molecule has 0 aliphatic carbocycles. The third kappa shape index (κ3) is 7.40. The van der Waals surface area contributed by atoms with E-state index < -0.39 is 35.6 Å². The molecule has 0 fully saturated rings. The van der Waals surface area contributed by atoms with Gasteiger partial charge in [-0.25, -0.2) is 4.79 Å². The summed E-state index contributed by atoms with van der Waals surface area (Å²) in [5.74, 6) is -1.46. The summed E-state index contributed by atoms with van der Waals surface area (Å²) < 4.78 is 5.39. The number of para-hydroxylation sites is 1. The van der Waals surface area contributed by atoms with Crippen LogP contribution in [0.25, 0.3) is 10.8 Å². The van der Waals surface area contributed by atoms with E-state index in [1.165, 1.54) is 11.0 Å². The Morgan fingerprint density at radius 3 is 2.33 bits per heavy atom. The number of benzene rings is 3. The van der Waals surface area contributed by atoms with Gasteiger partial charge >= 0.3 is 6.09 Å². The fraction of sp³-hybridized carbons (Fsp3) is 0.344. The van der Waals surface area contributed by atoms with Crippen molar-refractivity contribution in [1.29, 1.82) is 0 Å². The number of nitrogens with zero attached hydrogens (tertiary/aromatic N) is 1. The molecule has 3 amide bonds. The number of aryl methyl sites for hydroxylation is 1. The van der Waals surface area contributed by atoms with E-state index in [0.29, 0.717) is 11.3 Å². The van der Waals surface area contributed by atoms with Crippen molar-refractivity contribution < 1.29 is 24.2 Å². The molecule has 0 radical (unpaired) electrons. The summed E-state index contributed by atoms with van der Waals surface area (Å²) in [6.07, 6.45) is 0.764. The van der Waals surface area contributed by atoms with Crippen LogP contribution in [0.1, 0.15) is 51.8 Å². The lowest BCUT2D eigenvalue weighted by atomic mass is 9.97. The molecule has 3 aromatic carbocycles. The second-order valence-corrected chi connectivity index (χ2v) is 11.1. The summed E-state index contributed by atoms with van der Waals surface area (Å²) in [6, 6.07) is 16.1.